The van der Waals surface area contributed by atoms with Gasteiger partial charge in [0, 0.05) is 24.1 Å². The van der Waals surface area contributed by atoms with Crippen molar-refractivity contribution in [3.8, 4) is 23.0 Å². The Morgan fingerprint density at radius 2 is 1.81 bits per heavy atom. The number of nitrogens with zero attached hydrogens (tertiary/aromatic N) is 1. The largest absolute Gasteiger partial charge is 0.493 e. The van der Waals surface area contributed by atoms with Crippen LogP contribution in [0.15, 0.2) is 52.9 Å². The summed E-state index contributed by atoms with van der Waals surface area (Å²) >= 11 is 0. The lowest BCUT2D eigenvalue weighted by molar-refractivity contribution is -0.182. The summed E-state index contributed by atoms with van der Waals surface area (Å²) in [5.41, 5.74) is 0.325. The highest BCUT2D eigenvalue weighted by Crippen LogP contribution is 2.29. The fourth-order valence-corrected chi connectivity index (χ4v) is 3.41. The summed E-state index contributed by atoms with van der Waals surface area (Å²) in [6, 6.07) is 14.8. The number of carboxylic acids is 1. The molecule has 37 heavy (non-hydrogen) atoms. The molecule has 1 unspecified atom stereocenters. The third kappa shape index (κ3) is 8.31. The molecule has 3 N–H and O–H groups in total. The number of rotatable bonds is 12. The maximum absolute atomic E-state index is 11.6. The number of aromatic nitrogens is 1. The monoisotopic (exact) mass is 512 g/mol. The maximum atomic E-state index is 11.6. The van der Waals surface area contributed by atoms with Gasteiger partial charge in [0.15, 0.2) is 5.60 Å². The van der Waals surface area contributed by atoms with E-state index in [1.165, 1.54) is 13.8 Å². The highest BCUT2D eigenvalue weighted by atomic mass is 16.6. The van der Waals surface area contributed by atoms with Crippen molar-refractivity contribution in [1.82, 2.24) is 10.3 Å². The Morgan fingerprint density at radius 1 is 1.11 bits per heavy atom. The summed E-state index contributed by atoms with van der Waals surface area (Å²) in [6.45, 7) is 10.8. The van der Waals surface area contributed by atoms with Crippen LogP contribution in [0, 0.1) is 6.92 Å². The Labute approximate surface area is 217 Å². The Hall–Kier alpha value is -3.40. The van der Waals surface area contributed by atoms with Gasteiger partial charge in [-0.25, -0.2) is 9.78 Å². The standard InChI is InChI=1S/C28H36N2O7/c1-18-22(30-24(35-18)19-10-8-7-9-11-19)14-15-34-21-12-13-23(36-28(5,6)25(31)32)20(16-21)17-29-26(33)37-27(2,3)4/h7-13,16,26,29,33H,14-15,17H2,1-6H3,(H,31,32). The van der Waals surface area contributed by atoms with Crippen LogP contribution < -0.4 is 14.8 Å². The summed E-state index contributed by atoms with van der Waals surface area (Å²) in [4.78, 5) is 16.2. The van der Waals surface area contributed by atoms with Crippen molar-refractivity contribution in [3.63, 3.8) is 0 Å². The van der Waals surface area contributed by atoms with Crippen LogP contribution in [0.2, 0.25) is 0 Å². The van der Waals surface area contributed by atoms with E-state index in [4.69, 9.17) is 18.6 Å². The number of hydrogen-bond acceptors (Lipinski definition) is 8. The van der Waals surface area contributed by atoms with Gasteiger partial charge in [0.2, 0.25) is 12.3 Å². The zero-order valence-corrected chi connectivity index (χ0v) is 22.2. The minimum Gasteiger partial charge on any atom is -0.493 e. The van der Waals surface area contributed by atoms with Crippen LogP contribution in [0.3, 0.4) is 0 Å². The first kappa shape index (κ1) is 28.2. The molecule has 9 nitrogen and oxygen atoms in total. The SMILES string of the molecule is Cc1oc(-c2ccccc2)nc1CCOc1ccc(OC(C)(C)C(=O)O)c(CNC(O)OC(C)(C)C)c1. The van der Waals surface area contributed by atoms with Crippen molar-refractivity contribution in [2.75, 3.05) is 6.61 Å². The molecule has 0 fully saturated rings. The molecular formula is C28H36N2O7. The highest BCUT2D eigenvalue weighted by Gasteiger charge is 2.30. The number of aliphatic hydroxyl groups excluding tert-OH is 1. The van der Waals surface area contributed by atoms with E-state index < -0.39 is 23.6 Å². The number of aryl methyl sites for hydroxylation is 1. The third-order valence-corrected chi connectivity index (χ3v) is 5.37. The Morgan fingerprint density at radius 3 is 2.46 bits per heavy atom. The summed E-state index contributed by atoms with van der Waals surface area (Å²) in [5.74, 6) is 1.13. The van der Waals surface area contributed by atoms with Gasteiger partial charge in [-0.15, -0.1) is 0 Å². The average molecular weight is 513 g/mol. The van der Waals surface area contributed by atoms with E-state index in [1.54, 1.807) is 18.2 Å². The molecule has 1 atom stereocenters. The summed E-state index contributed by atoms with van der Waals surface area (Å²) < 4.78 is 23.1. The first-order valence-corrected chi connectivity index (χ1v) is 12.1. The maximum Gasteiger partial charge on any atom is 0.347 e. The Bertz CT molecular complexity index is 1180. The molecule has 0 radical (unpaired) electrons. The number of ether oxygens (including phenoxy) is 3. The number of carboxylic acid groups (broad SMARTS) is 1. The second-order valence-corrected chi connectivity index (χ2v) is 10.1. The van der Waals surface area contributed by atoms with Crippen molar-refractivity contribution in [3.05, 3.63) is 65.5 Å². The smallest absolute Gasteiger partial charge is 0.347 e. The minimum atomic E-state index is -1.45. The van der Waals surface area contributed by atoms with Crippen LogP contribution in [0.1, 0.15) is 51.6 Å². The molecule has 1 heterocycles. The number of aliphatic carboxylic acids is 1. The molecule has 0 saturated heterocycles. The molecule has 200 valence electrons. The number of nitrogens with one attached hydrogen (secondary N) is 1. The number of aliphatic hydroxyl groups is 1. The molecule has 9 heteroatoms. The molecule has 0 aliphatic carbocycles. The van der Waals surface area contributed by atoms with Crippen LogP contribution >= 0.6 is 0 Å². The van der Waals surface area contributed by atoms with Crippen molar-refractivity contribution in [2.24, 2.45) is 0 Å². The molecule has 0 aliphatic heterocycles. The van der Waals surface area contributed by atoms with E-state index >= 15 is 0 Å². The molecule has 0 saturated carbocycles. The zero-order chi connectivity index (χ0) is 27.2. The lowest BCUT2D eigenvalue weighted by Crippen LogP contribution is -2.39. The second-order valence-electron chi connectivity index (χ2n) is 10.1. The molecule has 1 aromatic heterocycles. The molecule has 0 amide bonds. The first-order valence-electron chi connectivity index (χ1n) is 12.1. The van der Waals surface area contributed by atoms with Gasteiger partial charge in [0.05, 0.1) is 17.9 Å². The van der Waals surface area contributed by atoms with E-state index in [2.05, 4.69) is 10.3 Å². The lowest BCUT2D eigenvalue weighted by atomic mass is 10.1. The van der Waals surface area contributed by atoms with Gasteiger partial charge in [0.1, 0.15) is 17.3 Å². The van der Waals surface area contributed by atoms with Crippen molar-refractivity contribution >= 4 is 5.97 Å². The quantitative estimate of drug-likeness (QED) is 0.296. The fraction of sp³-hybridized carbons (Fsp3) is 0.429. The molecule has 3 aromatic rings. The van der Waals surface area contributed by atoms with Crippen LogP contribution in [0.4, 0.5) is 0 Å². The minimum absolute atomic E-state index is 0.155. The molecular weight excluding hydrogens is 476 g/mol. The van der Waals surface area contributed by atoms with Crippen LogP contribution in [-0.4, -0.2) is 45.4 Å². The first-order chi connectivity index (χ1) is 17.3. The van der Waals surface area contributed by atoms with E-state index in [9.17, 15) is 15.0 Å². The van der Waals surface area contributed by atoms with Gasteiger partial charge in [-0.1, -0.05) is 18.2 Å². The van der Waals surface area contributed by atoms with Crippen molar-refractivity contribution < 1.29 is 33.6 Å². The second kappa shape index (κ2) is 11.8. The predicted octanol–water partition coefficient (Wildman–Crippen LogP) is 4.69. The normalized spacial score (nSPS) is 12.8. The lowest BCUT2D eigenvalue weighted by Gasteiger charge is -2.26. The van der Waals surface area contributed by atoms with Gasteiger partial charge < -0.3 is 28.8 Å². The number of benzene rings is 2. The van der Waals surface area contributed by atoms with E-state index in [1.807, 2.05) is 58.0 Å². The summed E-state index contributed by atoms with van der Waals surface area (Å²) in [6.07, 6.45) is -0.683. The molecule has 0 aliphatic rings. The van der Waals surface area contributed by atoms with Crippen LogP contribution in [-0.2, 0) is 22.5 Å². The molecule has 0 spiro atoms. The molecule has 3 rings (SSSR count). The van der Waals surface area contributed by atoms with Gasteiger partial charge in [-0.3, -0.25) is 5.32 Å². The van der Waals surface area contributed by atoms with Gasteiger partial charge >= 0.3 is 5.97 Å². The zero-order valence-electron chi connectivity index (χ0n) is 22.2. The van der Waals surface area contributed by atoms with Crippen molar-refractivity contribution in [1.29, 1.82) is 0 Å². The topological polar surface area (TPSA) is 123 Å². The summed E-state index contributed by atoms with van der Waals surface area (Å²) in [5, 5.41) is 22.5. The number of hydrogen-bond donors (Lipinski definition) is 3. The Balaban J connectivity index is 1.70. The van der Waals surface area contributed by atoms with Gasteiger partial charge in [-0.2, -0.15) is 0 Å². The highest BCUT2D eigenvalue weighted by molar-refractivity contribution is 5.76. The molecule has 2 aromatic carbocycles. The van der Waals surface area contributed by atoms with Crippen molar-refractivity contribution in [2.45, 2.75) is 72.1 Å². The number of carbonyl (C=O) groups is 1. The van der Waals surface area contributed by atoms with Crippen LogP contribution in [0.25, 0.3) is 11.5 Å². The van der Waals surface area contributed by atoms with Gasteiger partial charge in [-0.05, 0) is 71.9 Å². The van der Waals surface area contributed by atoms with Crippen LogP contribution in [0.5, 0.6) is 11.5 Å². The van der Waals surface area contributed by atoms with E-state index in [-0.39, 0.29) is 6.54 Å². The van der Waals surface area contributed by atoms with E-state index in [0.29, 0.717) is 36.0 Å². The third-order valence-electron chi connectivity index (χ3n) is 5.37. The average Bonchev–Trinajstić information content (AvgIpc) is 3.18. The fourth-order valence-electron chi connectivity index (χ4n) is 3.41. The number of oxazole rings is 1. The van der Waals surface area contributed by atoms with E-state index in [0.717, 1.165) is 17.0 Å². The Kier molecular flexibility index (Phi) is 8.96. The van der Waals surface area contributed by atoms with Gasteiger partial charge in [0.25, 0.3) is 0 Å². The summed E-state index contributed by atoms with van der Waals surface area (Å²) in [7, 11) is 0. The molecule has 0 bridgehead atoms. The predicted molar refractivity (Wildman–Crippen MR) is 138 cm³/mol.